The first-order chi connectivity index (χ1) is 17.2. The molecule has 225 valence electrons. The third-order valence-corrected chi connectivity index (χ3v) is 4.22. The molecule has 0 amide bonds. The van der Waals surface area contributed by atoms with Crippen LogP contribution in [-0.4, -0.2) is 108 Å². The van der Waals surface area contributed by atoms with Crippen molar-refractivity contribution >= 4 is 33.1 Å². The number of nitrogens with zero attached hydrogens (tertiary/aromatic N) is 6. The second-order valence-electron chi connectivity index (χ2n) is 8.78. The molecule has 3 N–H and O–H groups in total. The van der Waals surface area contributed by atoms with Gasteiger partial charge in [-0.15, -0.1) is 0 Å². The molecule has 0 unspecified atom stereocenters. The van der Waals surface area contributed by atoms with E-state index in [0.717, 1.165) is 13.2 Å². The van der Waals surface area contributed by atoms with Gasteiger partial charge in [0.15, 0.2) is 10.1 Å². The minimum absolute atomic E-state index is 0. The summed E-state index contributed by atoms with van der Waals surface area (Å²) in [6, 6.07) is 5.69. The molecular weight excluding hydrogens is 665 g/mol. The van der Waals surface area contributed by atoms with Crippen LogP contribution in [0.2, 0.25) is 0 Å². The van der Waals surface area contributed by atoms with Gasteiger partial charge in [0.1, 0.15) is 0 Å². The molecule has 1 fully saturated rings. The Balaban J connectivity index is -0.000000478. The average molecular weight is 706 g/mol. The maximum absolute atomic E-state index is 10.7. The minimum Gasteiger partial charge on any atom is -0.741 e. The van der Waals surface area contributed by atoms with Crippen molar-refractivity contribution < 1.29 is 50.4 Å². The third-order valence-electron chi connectivity index (χ3n) is 3.66. The summed E-state index contributed by atoms with van der Waals surface area (Å²) >= 11 is 0. The Bertz CT molecular complexity index is 928. The van der Waals surface area contributed by atoms with E-state index in [9.17, 15) is 13.2 Å². The number of halogens is 3. The molecule has 0 atom stereocenters. The average Bonchev–Trinajstić information content (AvgIpc) is 3.57. The quantitative estimate of drug-likeness (QED) is 0.189. The van der Waals surface area contributed by atoms with E-state index in [1.165, 1.54) is 12.8 Å². The van der Waals surface area contributed by atoms with E-state index in [0.29, 0.717) is 0 Å². The van der Waals surface area contributed by atoms with Crippen molar-refractivity contribution in [3.05, 3.63) is 55.4 Å². The molecule has 3 aromatic rings. The number of alkyl halides is 3. The fraction of sp³-hybridized carbons (Fsp3) is 0.550. The number of ether oxygens (including phenoxy) is 1. The zero-order valence-electron chi connectivity index (χ0n) is 23.2. The Morgan fingerprint density at radius 2 is 1.05 bits per heavy atom. The minimum atomic E-state index is -6.09. The van der Waals surface area contributed by atoms with Crippen molar-refractivity contribution in [3.8, 4) is 0 Å². The van der Waals surface area contributed by atoms with Gasteiger partial charge in [-0.3, -0.25) is 0 Å². The predicted molar refractivity (Wildman–Crippen MR) is 153 cm³/mol. The Labute approximate surface area is 245 Å². The number of aromatic nitrogens is 6. The van der Waals surface area contributed by atoms with Crippen molar-refractivity contribution in [1.82, 2.24) is 35.2 Å². The summed E-state index contributed by atoms with van der Waals surface area (Å²) in [6.45, 7) is 15.6. The van der Waals surface area contributed by atoms with Crippen molar-refractivity contribution in [2.45, 2.75) is 18.3 Å². The largest absolute Gasteiger partial charge is 3.00 e. The summed E-state index contributed by atoms with van der Waals surface area (Å²) in [5.74, 6) is 0. The maximum atomic E-state index is 10.7. The van der Waals surface area contributed by atoms with E-state index in [1.54, 1.807) is 18.6 Å². The normalized spacial score (nSPS) is 12.3. The molecule has 1 saturated heterocycles. The molecule has 1 aliphatic rings. The molecule has 0 bridgehead atoms. The standard InChI is InChI=1S/C9H10BN6.C4H8O.2C3H9P.CHF3O3S.H3N.Ru/c1-4-11-14(7-1)10(15-8-2-5-12-15)16-9-3-6-13-16;1-2-4-5-3-1;2*1-4(2)3;2-1(3,4)8(5,6)7;;/h1-10H;1-4H2;2*1-3H3;(H,5,6,7);1H3;/q-1;;;;;;+3/p+1. The summed E-state index contributed by atoms with van der Waals surface area (Å²) in [7, 11) is -6.97. The number of rotatable bonds is 3. The van der Waals surface area contributed by atoms with Crippen molar-refractivity contribution in [3.63, 3.8) is 0 Å². The molecule has 39 heavy (non-hydrogen) atoms. The Morgan fingerprint density at radius 1 is 0.795 bits per heavy atom. The Morgan fingerprint density at radius 3 is 1.18 bits per heavy atom. The predicted octanol–water partition coefficient (Wildman–Crippen LogP) is 3.13. The molecule has 3 aromatic heterocycles. The second-order valence-corrected chi connectivity index (χ2v) is 16.2. The number of hydrogen-bond donors (Lipinski definition) is 1. The van der Waals surface area contributed by atoms with Crippen molar-refractivity contribution in [2.75, 3.05) is 53.2 Å². The SMILES string of the molecule is C1CCOC1.C[PH+](C)C.C[PH+](C)C.N.O=S(=O)([O-])C(F)(F)F.[Ru+3].c1cnn([BH-](n2cccn2)n2cccn2)c1. The molecular formula is C20H41BF3N7O4P2RuS+3. The molecule has 1 radical (unpaired) electrons. The van der Waals surface area contributed by atoms with E-state index in [2.05, 4.69) is 55.3 Å². The smallest absolute Gasteiger partial charge is 0.741 e. The molecule has 4 rings (SSSR count). The zero-order chi connectivity index (χ0) is 28.5. The summed E-state index contributed by atoms with van der Waals surface area (Å²) in [6.07, 6.45) is 13.6. The van der Waals surface area contributed by atoms with Gasteiger partial charge in [-0.1, -0.05) is 0 Å². The Kier molecular flexibility index (Phi) is 24.4. The van der Waals surface area contributed by atoms with Gasteiger partial charge in [-0.2, -0.15) is 13.2 Å². The molecule has 4 heterocycles. The van der Waals surface area contributed by atoms with Crippen LogP contribution in [0.1, 0.15) is 12.8 Å². The first-order valence-corrected chi connectivity index (χ1v) is 18.9. The summed E-state index contributed by atoms with van der Waals surface area (Å²) in [5.41, 5.74) is -5.65. The second kappa shape index (κ2) is 22.5. The van der Waals surface area contributed by atoms with Gasteiger partial charge in [-0.05, 0) is 65.5 Å². The monoisotopic (exact) mass is 707 g/mol. The van der Waals surface area contributed by atoms with E-state index in [-0.39, 0.29) is 41.5 Å². The summed E-state index contributed by atoms with van der Waals surface area (Å²) in [4.78, 5) is 0. The summed E-state index contributed by atoms with van der Waals surface area (Å²) in [5, 5.41) is 12.8. The molecule has 0 saturated carbocycles. The van der Waals surface area contributed by atoms with Crippen molar-refractivity contribution in [2.24, 2.45) is 0 Å². The van der Waals surface area contributed by atoms with Gasteiger partial charge in [0.2, 0.25) is 0 Å². The van der Waals surface area contributed by atoms with E-state index >= 15 is 0 Å². The van der Waals surface area contributed by atoms with Crippen molar-refractivity contribution in [1.29, 1.82) is 0 Å². The Hall–Kier alpha value is -1.20. The first-order valence-electron chi connectivity index (χ1n) is 11.4. The molecule has 0 spiro atoms. The van der Waals surface area contributed by atoms with E-state index < -0.39 is 22.7 Å². The van der Waals surface area contributed by atoms with Gasteiger partial charge in [0, 0.05) is 71.8 Å². The molecule has 0 aromatic carbocycles. The molecule has 1 aliphatic heterocycles. The van der Waals surface area contributed by atoms with Crippen LogP contribution in [0.15, 0.2) is 55.4 Å². The topological polar surface area (TPSA) is 155 Å². The zero-order valence-corrected chi connectivity index (χ0v) is 27.7. The first kappa shape index (κ1) is 42.3. The van der Waals surface area contributed by atoms with Gasteiger partial charge >= 0.3 is 32.1 Å². The van der Waals surface area contributed by atoms with Crippen LogP contribution < -0.4 is 6.15 Å². The van der Waals surface area contributed by atoms with Crippen LogP contribution in [-0.2, 0) is 34.3 Å². The van der Waals surface area contributed by atoms with Crippen LogP contribution in [0.25, 0.3) is 0 Å². The third kappa shape index (κ3) is 21.2. The summed E-state index contributed by atoms with van der Waals surface area (Å²) < 4.78 is 69.5. The number of hydrogen-bond acceptors (Lipinski definition) is 8. The van der Waals surface area contributed by atoms with Crippen LogP contribution in [0, 0.1) is 0 Å². The van der Waals surface area contributed by atoms with E-state index in [1.807, 2.05) is 50.6 Å². The van der Waals surface area contributed by atoms with Crippen LogP contribution in [0.5, 0.6) is 0 Å². The molecule has 11 nitrogen and oxygen atoms in total. The van der Waals surface area contributed by atoms with Gasteiger partial charge < -0.3 is 29.2 Å². The molecule has 19 heteroatoms. The van der Waals surface area contributed by atoms with Gasteiger partial charge in [0.05, 0.1) is 0 Å². The van der Waals surface area contributed by atoms with Crippen LogP contribution in [0.3, 0.4) is 0 Å². The fourth-order valence-electron chi connectivity index (χ4n) is 2.36. The van der Waals surface area contributed by atoms with Crippen LogP contribution >= 0.6 is 15.8 Å². The fourth-order valence-corrected chi connectivity index (χ4v) is 2.36. The maximum Gasteiger partial charge on any atom is 3.00 e. The van der Waals surface area contributed by atoms with Crippen LogP contribution in [0.4, 0.5) is 13.2 Å². The molecule has 0 aliphatic carbocycles. The van der Waals surface area contributed by atoms with Gasteiger partial charge in [-0.25, -0.2) is 23.7 Å². The van der Waals surface area contributed by atoms with E-state index in [4.69, 9.17) is 17.7 Å². The van der Waals surface area contributed by atoms with Gasteiger partial charge in [0.25, 0.3) is 0 Å².